The van der Waals surface area contributed by atoms with Crippen molar-refractivity contribution in [3.63, 3.8) is 0 Å². The zero-order valence-electron chi connectivity index (χ0n) is 16.2. The van der Waals surface area contributed by atoms with Gasteiger partial charge >= 0.3 is 0 Å². The van der Waals surface area contributed by atoms with Gasteiger partial charge in [0.05, 0.1) is 10.4 Å². The highest BCUT2D eigenvalue weighted by Gasteiger charge is 2.24. The van der Waals surface area contributed by atoms with Crippen molar-refractivity contribution in [2.45, 2.75) is 12.8 Å². The summed E-state index contributed by atoms with van der Waals surface area (Å²) in [4.78, 5) is 25.3. The van der Waals surface area contributed by atoms with E-state index in [4.69, 9.17) is 0 Å². The van der Waals surface area contributed by atoms with Crippen LogP contribution in [0.15, 0.2) is 36.4 Å². The normalized spacial score (nSPS) is 15.0. The number of nitrogens with one attached hydrogen (secondary N) is 2. The molecule has 158 valence electrons. The van der Waals surface area contributed by atoms with E-state index in [0.29, 0.717) is 22.3 Å². The van der Waals surface area contributed by atoms with E-state index in [0.717, 1.165) is 38.1 Å². The summed E-state index contributed by atoms with van der Waals surface area (Å²) in [5.41, 5.74) is 1.08. The summed E-state index contributed by atoms with van der Waals surface area (Å²) < 4.78 is 14.3. The minimum absolute atomic E-state index is 0. The van der Waals surface area contributed by atoms with Crippen molar-refractivity contribution in [3.05, 3.63) is 52.3 Å². The lowest BCUT2D eigenvalue weighted by Crippen LogP contribution is -2.36. The van der Waals surface area contributed by atoms with Gasteiger partial charge in [0.25, 0.3) is 5.69 Å². The number of nitrogens with zero attached hydrogens (tertiary/aromatic N) is 3. The highest BCUT2D eigenvalue weighted by atomic mass is 35.5. The van der Waals surface area contributed by atoms with Gasteiger partial charge in [-0.3, -0.25) is 20.0 Å². The number of aromatic amines is 1. The molecule has 0 aliphatic carbocycles. The van der Waals surface area contributed by atoms with Gasteiger partial charge in [-0.2, -0.15) is 5.10 Å². The second-order valence-electron chi connectivity index (χ2n) is 7.32. The maximum absolute atomic E-state index is 14.3. The third-order valence-corrected chi connectivity index (χ3v) is 5.37. The van der Waals surface area contributed by atoms with E-state index in [-0.39, 0.29) is 35.5 Å². The van der Waals surface area contributed by atoms with Crippen LogP contribution >= 0.6 is 12.4 Å². The summed E-state index contributed by atoms with van der Waals surface area (Å²) in [5, 5.41) is 21.6. The fourth-order valence-corrected chi connectivity index (χ4v) is 3.61. The van der Waals surface area contributed by atoms with Gasteiger partial charge < -0.3 is 10.2 Å². The Hall–Kier alpha value is -3.04. The van der Waals surface area contributed by atoms with E-state index < -0.39 is 10.7 Å². The Balaban J connectivity index is 0.00000256. The van der Waals surface area contributed by atoms with Gasteiger partial charge in [-0.15, -0.1) is 12.4 Å². The Morgan fingerprint density at radius 3 is 2.70 bits per heavy atom. The van der Waals surface area contributed by atoms with E-state index in [2.05, 4.69) is 20.4 Å². The molecule has 1 saturated heterocycles. The number of fused-ring (bicyclic) bond motifs is 1. The van der Waals surface area contributed by atoms with E-state index in [9.17, 15) is 19.3 Å². The molecular formula is C20H21ClFN5O3. The molecule has 10 heteroatoms. The van der Waals surface area contributed by atoms with Gasteiger partial charge in [0.2, 0.25) is 5.91 Å². The molecule has 4 rings (SSSR count). The molecule has 2 heterocycles. The van der Waals surface area contributed by atoms with E-state index in [1.165, 1.54) is 6.07 Å². The van der Waals surface area contributed by atoms with E-state index in [1.54, 1.807) is 18.2 Å². The van der Waals surface area contributed by atoms with Crippen molar-refractivity contribution in [3.8, 4) is 11.1 Å². The Labute approximate surface area is 178 Å². The number of piperidine rings is 1. The number of non-ortho nitro benzene ring substituents is 1. The highest BCUT2D eigenvalue weighted by Crippen LogP contribution is 2.31. The average Bonchev–Trinajstić information content (AvgIpc) is 3.10. The molecule has 2 N–H and O–H groups in total. The summed E-state index contributed by atoms with van der Waals surface area (Å²) in [7, 11) is 2.03. The number of nitro benzene ring substituents is 1. The molecule has 1 fully saturated rings. The molecule has 1 aromatic heterocycles. The number of carbonyl (C=O) groups is 1. The third kappa shape index (κ3) is 4.27. The molecule has 1 amide bonds. The Morgan fingerprint density at radius 1 is 1.27 bits per heavy atom. The number of aromatic nitrogens is 2. The van der Waals surface area contributed by atoms with Crippen LogP contribution in [-0.2, 0) is 4.79 Å². The van der Waals surface area contributed by atoms with Gasteiger partial charge in [0.1, 0.15) is 5.82 Å². The maximum Gasteiger partial charge on any atom is 0.270 e. The van der Waals surface area contributed by atoms with Gasteiger partial charge in [-0.25, -0.2) is 4.39 Å². The molecule has 1 aliphatic rings. The number of likely N-dealkylation sites (tertiary alicyclic amines) is 1. The van der Waals surface area contributed by atoms with Gasteiger partial charge in [-0.05, 0) is 56.7 Å². The van der Waals surface area contributed by atoms with Crippen molar-refractivity contribution in [1.29, 1.82) is 0 Å². The van der Waals surface area contributed by atoms with E-state index in [1.807, 2.05) is 7.05 Å². The van der Waals surface area contributed by atoms with Crippen LogP contribution in [0.4, 0.5) is 15.9 Å². The van der Waals surface area contributed by atoms with Crippen LogP contribution in [0, 0.1) is 21.8 Å². The molecule has 0 atom stereocenters. The molecule has 8 nitrogen and oxygen atoms in total. The third-order valence-electron chi connectivity index (χ3n) is 5.37. The maximum atomic E-state index is 14.3. The second-order valence-corrected chi connectivity index (χ2v) is 7.32. The Kier molecular flexibility index (Phi) is 6.33. The molecule has 30 heavy (non-hydrogen) atoms. The first-order chi connectivity index (χ1) is 13.9. The second kappa shape index (κ2) is 8.76. The number of hydrogen-bond donors (Lipinski definition) is 2. The number of nitro groups is 1. The van der Waals surface area contributed by atoms with Crippen molar-refractivity contribution in [2.24, 2.45) is 5.92 Å². The van der Waals surface area contributed by atoms with E-state index >= 15 is 0 Å². The fraction of sp³-hybridized carbons (Fsp3) is 0.300. The number of anilines is 1. The van der Waals surface area contributed by atoms with Crippen molar-refractivity contribution in [2.75, 3.05) is 25.5 Å². The quantitative estimate of drug-likeness (QED) is 0.478. The predicted octanol–water partition coefficient (Wildman–Crippen LogP) is 3.98. The minimum Gasteiger partial charge on any atom is -0.308 e. The molecule has 0 unspecified atom stereocenters. The first-order valence-electron chi connectivity index (χ1n) is 9.34. The van der Waals surface area contributed by atoms with Crippen LogP contribution in [0.3, 0.4) is 0 Å². The first-order valence-corrected chi connectivity index (χ1v) is 9.34. The molecular weight excluding hydrogens is 413 g/mol. The first kappa shape index (κ1) is 21.7. The highest BCUT2D eigenvalue weighted by molar-refractivity contribution is 6.01. The molecule has 2 aromatic carbocycles. The van der Waals surface area contributed by atoms with Crippen LogP contribution in [-0.4, -0.2) is 46.1 Å². The summed E-state index contributed by atoms with van der Waals surface area (Å²) in [6, 6.07) is 8.45. The number of rotatable bonds is 4. The number of benzene rings is 2. The number of amides is 1. The SMILES string of the molecule is CN1CCC(C(=O)Nc2n[nH]c3ccc(-c4cc([N+](=O)[O-])ccc4F)cc23)CC1.Cl. The summed E-state index contributed by atoms with van der Waals surface area (Å²) in [6.45, 7) is 1.74. The lowest BCUT2D eigenvalue weighted by atomic mass is 9.96. The van der Waals surface area contributed by atoms with Crippen LogP contribution in [0.25, 0.3) is 22.0 Å². The zero-order valence-corrected chi connectivity index (χ0v) is 17.0. The predicted molar refractivity (Wildman–Crippen MR) is 114 cm³/mol. The van der Waals surface area contributed by atoms with Crippen LogP contribution in [0.5, 0.6) is 0 Å². The molecule has 0 saturated carbocycles. The smallest absolute Gasteiger partial charge is 0.270 e. The van der Waals surface area contributed by atoms with Crippen molar-refractivity contribution < 1.29 is 14.1 Å². The lowest BCUT2D eigenvalue weighted by molar-refractivity contribution is -0.384. The molecule has 1 aliphatic heterocycles. The number of hydrogen-bond acceptors (Lipinski definition) is 5. The number of carbonyl (C=O) groups excluding carboxylic acids is 1. The zero-order chi connectivity index (χ0) is 20.5. The van der Waals surface area contributed by atoms with Gasteiger partial charge in [-0.1, -0.05) is 6.07 Å². The summed E-state index contributed by atoms with van der Waals surface area (Å²) in [6.07, 6.45) is 1.57. The van der Waals surface area contributed by atoms with Gasteiger partial charge in [0.15, 0.2) is 5.82 Å². The summed E-state index contributed by atoms with van der Waals surface area (Å²) in [5.74, 6) is -0.347. The standard InChI is InChI=1S/C20H20FN5O3.ClH/c1-25-8-6-12(7-9-25)20(27)22-19-16-10-13(2-5-18(16)23-24-19)15-11-14(26(28)29)3-4-17(15)21;/h2-5,10-12H,6-9H2,1H3,(H2,22,23,24,27);1H. The number of halogens is 2. The van der Waals surface area contributed by atoms with Crippen LogP contribution in [0.2, 0.25) is 0 Å². The minimum atomic E-state index is -0.563. The molecule has 0 spiro atoms. The Morgan fingerprint density at radius 2 is 2.00 bits per heavy atom. The van der Waals surface area contributed by atoms with Crippen molar-refractivity contribution in [1.82, 2.24) is 15.1 Å². The molecule has 0 bridgehead atoms. The molecule has 0 radical (unpaired) electrons. The topological polar surface area (TPSA) is 104 Å². The monoisotopic (exact) mass is 433 g/mol. The van der Waals surface area contributed by atoms with Crippen LogP contribution in [0.1, 0.15) is 12.8 Å². The molecule has 3 aromatic rings. The van der Waals surface area contributed by atoms with Gasteiger partial charge in [0, 0.05) is 29.0 Å². The number of H-pyrrole nitrogens is 1. The lowest BCUT2D eigenvalue weighted by Gasteiger charge is -2.27. The van der Waals surface area contributed by atoms with Crippen LogP contribution < -0.4 is 5.32 Å². The fourth-order valence-electron chi connectivity index (χ4n) is 3.61. The average molecular weight is 434 g/mol. The van der Waals surface area contributed by atoms with Crippen molar-refractivity contribution >= 4 is 40.7 Å². The summed E-state index contributed by atoms with van der Waals surface area (Å²) >= 11 is 0. The Bertz CT molecular complexity index is 1100. The largest absolute Gasteiger partial charge is 0.308 e.